The third-order valence-corrected chi connectivity index (χ3v) is 6.84. The van der Waals surface area contributed by atoms with E-state index in [4.69, 9.17) is 0 Å². The van der Waals surface area contributed by atoms with Gasteiger partial charge in [0.1, 0.15) is 0 Å². The Morgan fingerprint density at radius 2 is 1.97 bits per heavy atom. The highest BCUT2D eigenvalue weighted by atomic mass is 16.6. The largest absolute Gasteiger partial charge is 0.348 e. The lowest BCUT2D eigenvalue weighted by atomic mass is 9.75. The molecule has 0 saturated heterocycles. The molecule has 0 radical (unpaired) electrons. The average molecular weight is 389 g/mol. The van der Waals surface area contributed by atoms with E-state index in [9.17, 15) is 14.9 Å². The second-order valence-corrected chi connectivity index (χ2v) is 8.65. The first-order valence-corrected chi connectivity index (χ1v) is 10.3. The van der Waals surface area contributed by atoms with Crippen LogP contribution in [0.2, 0.25) is 0 Å². The Balaban J connectivity index is 1.70. The number of nitrogens with zero attached hydrogens (tertiary/aromatic N) is 3. The molecule has 6 heteroatoms. The Morgan fingerprint density at radius 1 is 1.14 bits per heavy atom. The number of benzene rings is 2. The molecule has 2 atom stereocenters. The summed E-state index contributed by atoms with van der Waals surface area (Å²) in [5.74, 6) is 0.781. The summed E-state index contributed by atoms with van der Waals surface area (Å²) >= 11 is 0. The number of nitro benzene ring substituents is 1. The van der Waals surface area contributed by atoms with Crippen LogP contribution in [-0.2, 0) is 6.54 Å². The maximum absolute atomic E-state index is 13.1. The summed E-state index contributed by atoms with van der Waals surface area (Å²) in [6, 6.07) is 14.2. The first-order chi connectivity index (χ1) is 14.0. The molecule has 0 amide bonds. The molecule has 1 aromatic heterocycles. The Kier molecular flexibility index (Phi) is 4.23. The Bertz CT molecular complexity index is 1150. The van der Waals surface area contributed by atoms with E-state index < -0.39 is 4.92 Å². The quantitative estimate of drug-likeness (QED) is 0.468. The van der Waals surface area contributed by atoms with E-state index in [1.807, 2.05) is 30.3 Å². The smallest absolute Gasteiger partial charge is 0.291 e. The fourth-order valence-electron chi connectivity index (χ4n) is 5.47. The van der Waals surface area contributed by atoms with Crippen molar-refractivity contribution in [3.05, 3.63) is 69.1 Å². The normalized spacial score (nSPS) is 23.4. The lowest BCUT2D eigenvalue weighted by Crippen LogP contribution is -2.34. The van der Waals surface area contributed by atoms with Crippen LogP contribution in [-0.4, -0.2) is 14.5 Å². The SMILES string of the molecule is O=c1nc(-c2ccccc2)c2cc([N+](=O)[O-])ccc2n1CC12CCCC(CC1)C2. The number of non-ortho nitro benzene ring substituents is 1. The molecule has 5 rings (SSSR count). The van der Waals surface area contributed by atoms with Gasteiger partial charge in [-0.15, -0.1) is 0 Å². The van der Waals surface area contributed by atoms with Gasteiger partial charge in [0.15, 0.2) is 0 Å². The van der Waals surface area contributed by atoms with Crippen LogP contribution >= 0.6 is 0 Å². The fourth-order valence-corrected chi connectivity index (χ4v) is 5.47. The predicted molar refractivity (Wildman–Crippen MR) is 112 cm³/mol. The van der Waals surface area contributed by atoms with Gasteiger partial charge in [-0.25, -0.2) is 4.79 Å². The van der Waals surface area contributed by atoms with E-state index in [1.165, 1.54) is 31.7 Å². The number of hydrogen-bond donors (Lipinski definition) is 0. The van der Waals surface area contributed by atoms with Gasteiger partial charge < -0.3 is 0 Å². The van der Waals surface area contributed by atoms with Gasteiger partial charge in [-0.05, 0) is 43.1 Å². The van der Waals surface area contributed by atoms with E-state index in [2.05, 4.69) is 4.98 Å². The van der Waals surface area contributed by atoms with Crippen molar-refractivity contribution in [3.8, 4) is 11.3 Å². The molecule has 148 valence electrons. The van der Waals surface area contributed by atoms with Crippen LogP contribution in [0.1, 0.15) is 38.5 Å². The zero-order chi connectivity index (χ0) is 20.0. The highest BCUT2D eigenvalue weighted by Gasteiger charge is 2.42. The van der Waals surface area contributed by atoms with Gasteiger partial charge in [0, 0.05) is 29.6 Å². The molecule has 1 heterocycles. The van der Waals surface area contributed by atoms with Crippen LogP contribution in [0.25, 0.3) is 22.2 Å². The molecular formula is C23H23N3O3. The van der Waals surface area contributed by atoms with Crippen molar-refractivity contribution in [1.29, 1.82) is 0 Å². The molecule has 0 N–H and O–H groups in total. The van der Waals surface area contributed by atoms with Gasteiger partial charge in [0.2, 0.25) is 0 Å². The molecular weight excluding hydrogens is 366 g/mol. The molecule has 2 aromatic carbocycles. The minimum absolute atomic E-state index is 0.0124. The Labute approximate surface area is 168 Å². The van der Waals surface area contributed by atoms with E-state index in [1.54, 1.807) is 16.7 Å². The Morgan fingerprint density at radius 3 is 2.76 bits per heavy atom. The maximum Gasteiger partial charge on any atom is 0.348 e. The molecule has 2 fully saturated rings. The number of hydrogen-bond acceptors (Lipinski definition) is 4. The topological polar surface area (TPSA) is 78.0 Å². The third-order valence-electron chi connectivity index (χ3n) is 6.84. The Hall–Kier alpha value is -3.02. The van der Waals surface area contributed by atoms with Crippen molar-refractivity contribution in [3.63, 3.8) is 0 Å². The summed E-state index contributed by atoms with van der Waals surface area (Å²) in [4.78, 5) is 28.5. The fraction of sp³-hybridized carbons (Fsp3) is 0.391. The number of aromatic nitrogens is 2. The van der Waals surface area contributed by atoms with Gasteiger partial charge in [0.05, 0.1) is 16.1 Å². The van der Waals surface area contributed by atoms with Crippen LogP contribution in [0.5, 0.6) is 0 Å². The van der Waals surface area contributed by atoms with E-state index in [-0.39, 0.29) is 16.8 Å². The lowest BCUT2D eigenvalue weighted by Gasteiger charge is -2.34. The molecule has 2 unspecified atom stereocenters. The molecule has 3 aromatic rings. The number of fused-ring (bicyclic) bond motifs is 3. The standard InChI is InChI=1S/C23H23N3O3/c27-22-24-21(17-6-2-1-3-7-17)19-13-18(26(28)29)8-9-20(19)25(22)15-23-11-4-5-16(14-23)10-12-23/h1-3,6-9,13,16H,4-5,10-12,14-15H2. The second-order valence-electron chi connectivity index (χ2n) is 8.65. The predicted octanol–water partition coefficient (Wildman–Crippen LogP) is 4.94. The van der Waals surface area contributed by atoms with Crippen molar-refractivity contribution >= 4 is 16.6 Å². The van der Waals surface area contributed by atoms with Crippen LogP contribution < -0.4 is 5.69 Å². The zero-order valence-corrected chi connectivity index (χ0v) is 16.2. The second kappa shape index (κ2) is 6.79. The van der Waals surface area contributed by atoms with Gasteiger partial charge in [-0.2, -0.15) is 4.98 Å². The zero-order valence-electron chi connectivity index (χ0n) is 16.2. The third kappa shape index (κ3) is 3.12. The van der Waals surface area contributed by atoms with Gasteiger partial charge in [-0.3, -0.25) is 14.7 Å². The van der Waals surface area contributed by atoms with Gasteiger partial charge in [0.25, 0.3) is 5.69 Å². The van der Waals surface area contributed by atoms with Crippen molar-refractivity contribution in [2.45, 2.75) is 45.1 Å². The summed E-state index contributed by atoms with van der Waals surface area (Å²) in [5.41, 5.74) is 1.94. The van der Waals surface area contributed by atoms with E-state index in [0.717, 1.165) is 29.8 Å². The summed E-state index contributed by atoms with van der Waals surface area (Å²) in [5, 5.41) is 12.0. The maximum atomic E-state index is 13.1. The van der Waals surface area contributed by atoms with Crippen molar-refractivity contribution < 1.29 is 4.92 Å². The first-order valence-electron chi connectivity index (χ1n) is 10.3. The van der Waals surface area contributed by atoms with E-state index in [0.29, 0.717) is 17.6 Å². The minimum atomic E-state index is -0.398. The summed E-state index contributed by atoms with van der Waals surface area (Å²) in [6.45, 7) is 0.652. The van der Waals surface area contributed by atoms with E-state index >= 15 is 0 Å². The molecule has 2 aliphatic rings. The van der Waals surface area contributed by atoms with Crippen molar-refractivity contribution in [2.75, 3.05) is 0 Å². The van der Waals surface area contributed by atoms with Gasteiger partial charge >= 0.3 is 5.69 Å². The average Bonchev–Trinajstić information content (AvgIpc) is 3.03. The highest BCUT2D eigenvalue weighted by molar-refractivity contribution is 5.93. The molecule has 29 heavy (non-hydrogen) atoms. The van der Waals surface area contributed by atoms with Crippen LogP contribution in [0, 0.1) is 21.4 Å². The molecule has 6 nitrogen and oxygen atoms in total. The van der Waals surface area contributed by atoms with Crippen LogP contribution in [0.15, 0.2) is 53.3 Å². The number of nitro groups is 1. The lowest BCUT2D eigenvalue weighted by molar-refractivity contribution is -0.384. The number of rotatable bonds is 4. The monoisotopic (exact) mass is 389 g/mol. The van der Waals surface area contributed by atoms with Crippen LogP contribution in [0.3, 0.4) is 0 Å². The molecule has 2 saturated carbocycles. The van der Waals surface area contributed by atoms with Crippen molar-refractivity contribution in [2.24, 2.45) is 11.3 Å². The highest BCUT2D eigenvalue weighted by Crippen LogP contribution is 2.52. The van der Waals surface area contributed by atoms with Crippen LogP contribution in [0.4, 0.5) is 5.69 Å². The summed E-state index contributed by atoms with van der Waals surface area (Å²) in [6.07, 6.45) is 7.24. The first kappa shape index (κ1) is 18.0. The molecule has 0 aliphatic heterocycles. The van der Waals surface area contributed by atoms with Crippen molar-refractivity contribution in [1.82, 2.24) is 9.55 Å². The summed E-state index contributed by atoms with van der Waals surface area (Å²) in [7, 11) is 0. The molecule has 2 aliphatic carbocycles. The van der Waals surface area contributed by atoms with Gasteiger partial charge in [-0.1, -0.05) is 43.2 Å². The minimum Gasteiger partial charge on any atom is -0.291 e. The summed E-state index contributed by atoms with van der Waals surface area (Å²) < 4.78 is 1.76. The molecule has 2 bridgehead atoms. The molecule has 0 spiro atoms.